The maximum atomic E-state index is 6.12. The van der Waals surface area contributed by atoms with Gasteiger partial charge in [-0.25, -0.2) is 0 Å². The van der Waals surface area contributed by atoms with Gasteiger partial charge in [0.1, 0.15) is 5.75 Å². The predicted molar refractivity (Wildman–Crippen MR) is 90.7 cm³/mol. The van der Waals surface area contributed by atoms with E-state index in [1.807, 2.05) is 36.7 Å². The average molecular weight is 320 g/mol. The summed E-state index contributed by atoms with van der Waals surface area (Å²) in [7, 11) is 0. The minimum atomic E-state index is 0.610. The minimum absolute atomic E-state index is 0.610. The molecular formula is C17H22ClN3O. The molecule has 118 valence electrons. The number of ether oxygens (including phenoxy) is 1. The summed E-state index contributed by atoms with van der Waals surface area (Å²) in [4.78, 5) is 6.90. The highest BCUT2D eigenvalue weighted by atomic mass is 35.5. The molecule has 1 aromatic rings. The Morgan fingerprint density at radius 2 is 2.09 bits per heavy atom. The second kappa shape index (κ2) is 7.65. The lowest BCUT2D eigenvalue weighted by Gasteiger charge is -2.32. The van der Waals surface area contributed by atoms with Gasteiger partial charge in [0.2, 0.25) is 0 Å². The molecule has 0 aliphatic carbocycles. The molecule has 1 N–H and O–H groups in total. The van der Waals surface area contributed by atoms with E-state index in [0.29, 0.717) is 10.9 Å². The molecule has 2 aliphatic rings. The third-order valence-electron chi connectivity index (χ3n) is 4.18. The summed E-state index contributed by atoms with van der Waals surface area (Å²) in [5, 5.41) is 3.90. The number of nitrogens with one attached hydrogen (secondary N) is 1. The summed E-state index contributed by atoms with van der Waals surface area (Å²) >= 11 is 6.12. The standard InChI is InChI=1S/C17H22ClN3O/c18-16-3-1-2-4-17(16)22-13-14-5-9-21(10-6-14)12-15-11-19-7-8-20-15/h1-4,7-8,14,19H,5-6,9-13H2. The fourth-order valence-corrected chi connectivity index (χ4v) is 3.04. The Kier molecular flexibility index (Phi) is 5.35. The van der Waals surface area contributed by atoms with Crippen LogP contribution >= 0.6 is 11.6 Å². The normalized spacial score (nSPS) is 19.6. The molecule has 1 fully saturated rings. The van der Waals surface area contributed by atoms with Gasteiger partial charge in [0, 0.05) is 18.9 Å². The Morgan fingerprint density at radius 3 is 2.82 bits per heavy atom. The fourth-order valence-electron chi connectivity index (χ4n) is 2.85. The van der Waals surface area contributed by atoms with Gasteiger partial charge in [0.05, 0.1) is 23.9 Å². The highest BCUT2D eigenvalue weighted by molar-refractivity contribution is 6.32. The largest absolute Gasteiger partial charge is 0.492 e. The van der Waals surface area contributed by atoms with Gasteiger partial charge in [-0.2, -0.15) is 0 Å². The van der Waals surface area contributed by atoms with Gasteiger partial charge in [-0.15, -0.1) is 0 Å². The topological polar surface area (TPSA) is 36.9 Å². The molecule has 0 radical (unpaired) electrons. The molecule has 22 heavy (non-hydrogen) atoms. The molecule has 2 heterocycles. The van der Waals surface area contributed by atoms with E-state index >= 15 is 0 Å². The molecule has 0 aromatic heterocycles. The van der Waals surface area contributed by atoms with Crippen LogP contribution in [0.15, 0.2) is 41.7 Å². The van der Waals surface area contributed by atoms with E-state index in [9.17, 15) is 0 Å². The quantitative estimate of drug-likeness (QED) is 0.906. The van der Waals surface area contributed by atoms with Gasteiger partial charge in [-0.05, 0) is 44.0 Å². The van der Waals surface area contributed by atoms with Crippen LogP contribution in [0, 0.1) is 5.92 Å². The van der Waals surface area contributed by atoms with Crippen molar-refractivity contribution in [2.45, 2.75) is 12.8 Å². The summed E-state index contributed by atoms with van der Waals surface area (Å²) in [5.74, 6) is 1.40. The summed E-state index contributed by atoms with van der Waals surface area (Å²) in [6.45, 7) is 4.81. The molecule has 2 aliphatic heterocycles. The van der Waals surface area contributed by atoms with Gasteiger partial charge in [-0.1, -0.05) is 23.7 Å². The highest BCUT2D eigenvalue weighted by Crippen LogP contribution is 2.25. The second-order valence-electron chi connectivity index (χ2n) is 5.85. The van der Waals surface area contributed by atoms with Gasteiger partial charge in [0.15, 0.2) is 0 Å². The molecule has 0 atom stereocenters. The van der Waals surface area contributed by atoms with Crippen molar-refractivity contribution in [3.63, 3.8) is 0 Å². The number of nitrogens with zero attached hydrogens (tertiary/aromatic N) is 2. The Labute approximate surface area is 136 Å². The molecule has 5 heteroatoms. The van der Waals surface area contributed by atoms with E-state index in [2.05, 4.69) is 15.2 Å². The van der Waals surface area contributed by atoms with Crippen LogP contribution in [0.5, 0.6) is 5.75 Å². The molecule has 3 rings (SSSR count). The molecule has 0 bridgehead atoms. The number of para-hydroxylation sites is 1. The summed E-state index contributed by atoms with van der Waals surface area (Å²) in [6.07, 6.45) is 6.06. The Bertz CT molecular complexity index is 551. The minimum Gasteiger partial charge on any atom is -0.492 e. The fraction of sp³-hybridized carbons (Fsp3) is 0.471. The number of rotatable bonds is 5. The van der Waals surface area contributed by atoms with E-state index in [4.69, 9.17) is 16.3 Å². The lowest BCUT2D eigenvalue weighted by molar-refractivity contribution is 0.153. The monoisotopic (exact) mass is 319 g/mol. The highest BCUT2D eigenvalue weighted by Gasteiger charge is 2.21. The van der Waals surface area contributed by atoms with Crippen molar-refractivity contribution >= 4 is 17.3 Å². The predicted octanol–water partition coefficient (Wildman–Crippen LogP) is 2.95. The number of benzene rings is 1. The van der Waals surface area contributed by atoms with Crippen LogP contribution in [0.2, 0.25) is 5.02 Å². The van der Waals surface area contributed by atoms with E-state index in [-0.39, 0.29) is 0 Å². The van der Waals surface area contributed by atoms with E-state index in [1.54, 1.807) is 0 Å². The van der Waals surface area contributed by atoms with E-state index in [0.717, 1.165) is 38.5 Å². The average Bonchev–Trinajstić information content (AvgIpc) is 2.56. The van der Waals surface area contributed by atoms with Crippen LogP contribution in [0.1, 0.15) is 12.8 Å². The lowest BCUT2D eigenvalue weighted by atomic mass is 9.97. The first-order chi connectivity index (χ1) is 10.8. The lowest BCUT2D eigenvalue weighted by Crippen LogP contribution is -2.41. The van der Waals surface area contributed by atoms with Crippen molar-refractivity contribution in [1.82, 2.24) is 10.2 Å². The third-order valence-corrected chi connectivity index (χ3v) is 4.49. The van der Waals surface area contributed by atoms with Crippen LogP contribution in [-0.4, -0.2) is 43.4 Å². The van der Waals surface area contributed by atoms with Crippen molar-refractivity contribution < 1.29 is 4.74 Å². The molecule has 4 nitrogen and oxygen atoms in total. The molecule has 1 saturated heterocycles. The Morgan fingerprint density at radius 1 is 1.27 bits per heavy atom. The number of halogens is 1. The van der Waals surface area contributed by atoms with Crippen molar-refractivity contribution in [2.24, 2.45) is 10.9 Å². The Balaban J connectivity index is 1.41. The molecule has 0 unspecified atom stereocenters. The van der Waals surface area contributed by atoms with Gasteiger partial charge >= 0.3 is 0 Å². The van der Waals surface area contributed by atoms with E-state index < -0.39 is 0 Å². The van der Waals surface area contributed by atoms with Crippen LogP contribution in [-0.2, 0) is 0 Å². The molecule has 0 amide bonds. The van der Waals surface area contributed by atoms with Gasteiger partial charge in [-0.3, -0.25) is 9.89 Å². The van der Waals surface area contributed by atoms with Crippen molar-refractivity contribution in [1.29, 1.82) is 0 Å². The van der Waals surface area contributed by atoms with Crippen LogP contribution < -0.4 is 10.1 Å². The second-order valence-corrected chi connectivity index (χ2v) is 6.26. The van der Waals surface area contributed by atoms with Crippen LogP contribution in [0.25, 0.3) is 0 Å². The van der Waals surface area contributed by atoms with E-state index in [1.165, 1.54) is 18.6 Å². The first kappa shape index (κ1) is 15.4. The number of hydrogen-bond donors (Lipinski definition) is 1. The first-order valence-corrected chi connectivity index (χ1v) is 8.22. The number of aliphatic imine (C=N–C) groups is 1. The zero-order valence-electron chi connectivity index (χ0n) is 12.7. The number of piperidine rings is 1. The molecule has 1 aromatic carbocycles. The smallest absolute Gasteiger partial charge is 0.137 e. The Hall–Kier alpha value is -1.52. The zero-order valence-corrected chi connectivity index (χ0v) is 13.4. The number of hydrogen-bond acceptors (Lipinski definition) is 4. The van der Waals surface area contributed by atoms with Crippen molar-refractivity contribution in [3.05, 3.63) is 41.7 Å². The maximum Gasteiger partial charge on any atom is 0.137 e. The number of likely N-dealkylation sites (tertiary alicyclic amines) is 1. The van der Waals surface area contributed by atoms with Crippen molar-refractivity contribution in [3.8, 4) is 5.75 Å². The zero-order chi connectivity index (χ0) is 15.2. The summed E-state index contributed by atoms with van der Waals surface area (Å²) < 4.78 is 5.87. The third kappa shape index (κ3) is 4.24. The SMILES string of the molecule is Clc1ccccc1OCC1CCN(CC2=NC=CNC2)CC1. The van der Waals surface area contributed by atoms with Gasteiger partial charge < -0.3 is 10.1 Å². The first-order valence-electron chi connectivity index (χ1n) is 7.85. The summed E-state index contributed by atoms with van der Waals surface area (Å²) in [6, 6.07) is 7.68. The van der Waals surface area contributed by atoms with Crippen LogP contribution in [0.3, 0.4) is 0 Å². The molecule has 0 spiro atoms. The summed E-state index contributed by atoms with van der Waals surface area (Å²) in [5.41, 5.74) is 1.22. The maximum absolute atomic E-state index is 6.12. The molecule has 0 saturated carbocycles. The van der Waals surface area contributed by atoms with Crippen LogP contribution in [0.4, 0.5) is 0 Å². The van der Waals surface area contributed by atoms with Gasteiger partial charge in [0.25, 0.3) is 0 Å². The molecular weight excluding hydrogens is 298 g/mol. The van der Waals surface area contributed by atoms with Crippen molar-refractivity contribution in [2.75, 3.05) is 32.8 Å².